The number of rotatable bonds is 4. The summed E-state index contributed by atoms with van der Waals surface area (Å²) in [6, 6.07) is 4.61. The van der Waals surface area contributed by atoms with Crippen molar-refractivity contribution in [3.63, 3.8) is 0 Å². The molecule has 0 unspecified atom stereocenters. The summed E-state index contributed by atoms with van der Waals surface area (Å²) in [5.74, 6) is -0.434. The minimum atomic E-state index is -1.06. The van der Waals surface area contributed by atoms with E-state index in [0.717, 1.165) is 37.7 Å². The Morgan fingerprint density at radius 3 is 2.40 bits per heavy atom. The quantitative estimate of drug-likeness (QED) is 0.884. The summed E-state index contributed by atoms with van der Waals surface area (Å²) in [6.45, 7) is 3.48. The van der Waals surface area contributed by atoms with E-state index in [-0.39, 0.29) is 11.5 Å². The molecule has 0 aliphatic heterocycles. The Labute approximate surface area is 145 Å². The van der Waals surface area contributed by atoms with E-state index >= 15 is 0 Å². The molecule has 0 spiro atoms. The number of hydrogen-bond donors (Lipinski definition) is 2. The second kappa shape index (κ2) is 6.66. The van der Waals surface area contributed by atoms with Crippen LogP contribution in [0, 0.1) is 13.8 Å². The molecule has 0 atom stereocenters. The number of carboxylic acids is 1. The van der Waals surface area contributed by atoms with Gasteiger partial charge in [-0.1, -0.05) is 24.4 Å². The van der Waals surface area contributed by atoms with Crippen LogP contribution in [-0.4, -0.2) is 27.1 Å². The van der Waals surface area contributed by atoms with Crippen molar-refractivity contribution >= 4 is 11.9 Å². The zero-order valence-electron chi connectivity index (χ0n) is 14.3. The standard InChI is InChI=1S/C18H21N3O4/c1-11-8-13(10-14(9-11)16(23)24)15(22)20-18(6-4-3-5-7-18)17-19-12(2)25-21-17/h8-10H,3-7H2,1-2H3,(H,20,22)(H,23,24). The van der Waals surface area contributed by atoms with Crippen molar-refractivity contribution in [1.29, 1.82) is 0 Å². The Morgan fingerprint density at radius 1 is 1.12 bits per heavy atom. The van der Waals surface area contributed by atoms with Crippen LogP contribution in [0.4, 0.5) is 0 Å². The molecule has 0 radical (unpaired) electrons. The molecule has 7 nitrogen and oxygen atoms in total. The minimum absolute atomic E-state index is 0.0956. The Bertz CT molecular complexity index is 806. The molecule has 1 heterocycles. The first-order valence-corrected chi connectivity index (χ1v) is 8.38. The lowest BCUT2D eigenvalue weighted by molar-refractivity contribution is 0.0696. The summed E-state index contributed by atoms with van der Waals surface area (Å²) >= 11 is 0. The molecule has 1 aromatic carbocycles. The van der Waals surface area contributed by atoms with Gasteiger partial charge in [0.2, 0.25) is 5.89 Å². The number of aromatic nitrogens is 2. The van der Waals surface area contributed by atoms with Crippen LogP contribution >= 0.6 is 0 Å². The molecule has 2 N–H and O–H groups in total. The summed E-state index contributed by atoms with van der Waals surface area (Å²) in [6.07, 6.45) is 4.48. The smallest absolute Gasteiger partial charge is 0.335 e. The number of nitrogens with one attached hydrogen (secondary N) is 1. The SMILES string of the molecule is Cc1cc(C(=O)O)cc(C(=O)NC2(c3noc(C)n3)CCCCC2)c1. The molecule has 1 fully saturated rings. The van der Waals surface area contributed by atoms with Gasteiger partial charge in [-0.05, 0) is 43.5 Å². The lowest BCUT2D eigenvalue weighted by atomic mass is 9.80. The first kappa shape index (κ1) is 17.1. The lowest BCUT2D eigenvalue weighted by Crippen LogP contribution is -2.48. The zero-order valence-corrected chi connectivity index (χ0v) is 14.3. The molecule has 25 heavy (non-hydrogen) atoms. The Balaban J connectivity index is 1.92. The second-order valence-electron chi connectivity index (χ2n) is 6.63. The number of carbonyl (C=O) groups excluding carboxylic acids is 1. The maximum absolute atomic E-state index is 12.8. The summed E-state index contributed by atoms with van der Waals surface area (Å²) < 4.78 is 5.11. The van der Waals surface area contributed by atoms with Gasteiger partial charge in [0.25, 0.3) is 5.91 Å². The molecule has 1 amide bonds. The van der Waals surface area contributed by atoms with E-state index in [1.165, 1.54) is 12.1 Å². The highest BCUT2D eigenvalue weighted by Crippen LogP contribution is 2.36. The van der Waals surface area contributed by atoms with Crippen molar-refractivity contribution in [2.45, 2.75) is 51.5 Å². The van der Waals surface area contributed by atoms with Crippen LogP contribution in [0.2, 0.25) is 0 Å². The first-order valence-electron chi connectivity index (χ1n) is 8.38. The fraction of sp³-hybridized carbons (Fsp3) is 0.444. The normalized spacial score (nSPS) is 16.4. The summed E-state index contributed by atoms with van der Waals surface area (Å²) in [7, 11) is 0. The topological polar surface area (TPSA) is 105 Å². The number of carboxylic acid groups (broad SMARTS) is 1. The number of aryl methyl sites for hydroxylation is 2. The van der Waals surface area contributed by atoms with Gasteiger partial charge in [0, 0.05) is 12.5 Å². The molecule has 1 saturated carbocycles. The van der Waals surface area contributed by atoms with E-state index in [1.54, 1.807) is 19.9 Å². The number of carbonyl (C=O) groups is 2. The third-order valence-electron chi connectivity index (χ3n) is 4.60. The Kier molecular flexibility index (Phi) is 4.57. The summed E-state index contributed by atoms with van der Waals surface area (Å²) in [5, 5.41) is 16.3. The molecule has 3 rings (SSSR count). The summed E-state index contributed by atoms with van der Waals surface area (Å²) in [4.78, 5) is 28.4. The minimum Gasteiger partial charge on any atom is -0.478 e. The van der Waals surface area contributed by atoms with E-state index < -0.39 is 11.5 Å². The molecule has 7 heteroatoms. The summed E-state index contributed by atoms with van der Waals surface area (Å²) in [5.41, 5.74) is 0.471. The Morgan fingerprint density at radius 2 is 1.80 bits per heavy atom. The third kappa shape index (κ3) is 3.55. The van der Waals surface area contributed by atoms with Crippen LogP contribution < -0.4 is 5.32 Å². The fourth-order valence-corrected chi connectivity index (χ4v) is 3.38. The number of amides is 1. The molecular weight excluding hydrogens is 322 g/mol. The highest BCUT2D eigenvalue weighted by Gasteiger charge is 2.39. The molecule has 1 aliphatic carbocycles. The van der Waals surface area contributed by atoms with Gasteiger partial charge in [0.05, 0.1) is 5.56 Å². The van der Waals surface area contributed by atoms with Gasteiger partial charge in [-0.25, -0.2) is 4.79 Å². The predicted molar refractivity (Wildman–Crippen MR) is 89.4 cm³/mol. The second-order valence-corrected chi connectivity index (χ2v) is 6.63. The van der Waals surface area contributed by atoms with Crippen molar-refractivity contribution in [3.05, 3.63) is 46.6 Å². The first-order chi connectivity index (χ1) is 11.9. The van der Waals surface area contributed by atoms with Crippen LogP contribution in [0.5, 0.6) is 0 Å². The van der Waals surface area contributed by atoms with E-state index in [2.05, 4.69) is 15.5 Å². The third-order valence-corrected chi connectivity index (χ3v) is 4.60. The molecule has 0 saturated heterocycles. The van der Waals surface area contributed by atoms with Crippen LogP contribution in [0.15, 0.2) is 22.7 Å². The van der Waals surface area contributed by atoms with Gasteiger partial charge in [-0.3, -0.25) is 4.79 Å². The van der Waals surface area contributed by atoms with Crippen LogP contribution in [0.1, 0.15) is 70.1 Å². The maximum atomic E-state index is 12.8. The van der Waals surface area contributed by atoms with Gasteiger partial charge in [-0.15, -0.1) is 0 Å². The van der Waals surface area contributed by atoms with Crippen LogP contribution in [0.3, 0.4) is 0 Å². The highest BCUT2D eigenvalue weighted by atomic mass is 16.5. The molecule has 1 aromatic heterocycles. The van der Waals surface area contributed by atoms with Crippen LogP contribution in [0.25, 0.3) is 0 Å². The molecule has 132 valence electrons. The van der Waals surface area contributed by atoms with E-state index in [9.17, 15) is 14.7 Å². The van der Waals surface area contributed by atoms with E-state index in [1.807, 2.05) is 0 Å². The molecule has 0 bridgehead atoms. The van der Waals surface area contributed by atoms with Crippen molar-refractivity contribution in [1.82, 2.24) is 15.5 Å². The van der Waals surface area contributed by atoms with Gasteiger partial charge < -0.3 is 14.9 Å². The largest absolute Gasteiger partial charge is 0.478 e. The number of hydrogen-bond acceptors (Lipinski definition) is 5. The van der Waals surface area contributed by atoms with Gasteiger partial charge >= 0.3 is 5.97 Å². The average Bonchev–Trinajstić information content (AvgIpc) is 3.02. The van der Waals surface area contributed by atoms with Crippen LogP contribution in [-0.2, 0) is 5.54 Å². The highest BCUT2D eigenvalue weighted by molar-refractivity contribution is 5.98. The average molecular weight is 343 g/mol. The number of nitrogens with zero attached hydrogens (tertiary/aromatic N) is 2. The van der Waals surface area contributed by atoms with Crippen molar-refractivity contribution in [2.24, 2.45) is 0 Å². The van der Waals surface area contributed by atoms with Crippen molar-refractivity contribution < 1.29 is 19.2 Å². The van der Waals surface area contributed by atoms with Gasteiger partial charge in [-0.2, -0.15) is 4.98 Å². The maximum Gasteiger partial charge on any atom is 0.335 e. The fourth-order valence-electron chi connectivity index (χ4n) is 3.38. The lowest BCUT2D eigenvalue weighted by Gasteiger charge is -2.35. The Hall–Kier alpha value is -2.70. The molecule has 1 aliphatic rings. The van der Waals surface area contributed by atoms with Gasteiger partial charge in [0.15, 0.2) is 5.82 Å². The molecule has 2 aromatic rings. The van der Waals surface area contributed by atoms with Crippen molar-refractivity contribution in [3.8, 4) is 0 Å². The van der Waals surface area contributed by atoms with Crippen molar-refractivity contribution in [2.75, 3.05) is 0 Å². The number of aromatic carboxylic acids is 1. The van der Waals surface area contributed by atoms with E-state index in [0.29, 0.717) is 17.3 Å². The van der Waals surface area contributed by atoms with E-state index in [4.69, 9.17) is 4.52 Å². The predicted octanol–water partition coefficient (Wildman–Crippen LogP) is 2.97. The molecular formula is C18H21N3O4. The zero-order chi connectivity index (χ0) is 18.0. The van der Waals surface area contributed by atoms with Gasteiger partial charge in [0.1, 0.15) is 5.54 Å². The monoisotopic (exact) mass is 343 g/mol. The number of benzene rings is 1.